The Morgan fingerprint density at radius 2 is 2.04 bits per heavy atom. The second-order valence-corrected chi connectivity index (χ2v) is 5.44. The van der Waals surface area contributed by atoms with Crippen LogP contribution >= 0.6 is 0 Å². The van der Waals surface area contributed by atoms with E-state index >= 15 is 0 Å². The molecule has 0 saturated carbocycles. The Morgan fingerprint density at radius 1 is 1.33 bits per heavy atom. The zero-order valence-electron chi connectivity index (χ0n) is 12.8. The van der Waals surface area contributed by atoms with Crippen LogP contribution in [0.5, 0.6) is 0 Å². The molecule has 5 nitrogen and oxygen atoms in total. The van der Waals surface area contributed by atoms with E-state index in [1.165, 1.54) is 12.0 Å². The van der Waals surface area contributed by atoms with Gasteiger partial charge in [0.25, 0.3) is 0 Å². The third kappa shape index (κ3) is 4.15. The van der Waals surface area contributed by atoms with Crippen molar-refractivity contribution in [1.82, 2.24) is 4.90 Å². The van der Waals surface area contributed by atoms with Crippen LogP contribution in [-0.4, -0.2) is 37.1 Å². The normalized spacial score (nSPS) is 18.2. The van der Waals surface area contributed by atoms with E-state index in [2.05, 4.69) is 10.1 Å². The fourth-order valence-corrected chi connectivity index (χ4v) is 2.55. The molecule has 0 aromatic heterocycles. The molecule has 1 N–H and O–H groups in total. The molecule has 1 aromatic carbocycles. The number of halogens is 4. The monoisotopic (exact) mass is 348 g/mol. The van der Waals surface area contributed by atoms with E-state index in [-0.39, 0.29) is 12.2 Å². The first-order valence-electron chi connectivity index (χ1n) is 7.23. The lowest BCUT2D eigenvalue weighted by Gasteiger charge is -2.30. The van der Waals surface area contributed by atoms with Crippen LogP contribution in [0.4, 0.5) is 28.0 Å². The zero-order chi connectivity index (χ0) is 17.9. The van der Waals surface area contributed by atoms with E-state index in [1.807, 2.05) is 0 Å². The average molecular weight is 348 g/mol. The number of ether oxygens (including phenoxy) is 1. The number of hydrogen-bond donors (Lipinski definition) is 1. The van der Waals surface area contributed by atoms with Crippen molar-refractivity contribution in [3.05, 3.63) is 29.6 Å². The predicted molar refractivity (Wildman–Crippen MR) is 76.7 cm³/mol. The second-order valence-electron chi connectivity index (χ2n) is 5.44. The van der Waals surface area contributed by atoms with E-state index < -0.39 is 35.5 Å². The van der Waals surface area contributed by atoms with E-state index in [1.54, 1.807) is 0 Å². The Morgan fingerprint density at radius 3 is 2.62 bits per heavy atom. The number of amides is 2. The van der Waals surface area contributed by atoms with Crippen LogP contribution in [0.2, 0.25) is 0 Å². The Bertz CT molecular complexity index is 634. The van der Waals surface area contributed by atoms with Gasteiger partial charge in [0.05, 0.1) is 18.6 Å². The predicted octanol–water partition coefficient (Wildman–Crippen LogP) is 3.26. The van der Waals surface area contributed by atoms with Crippen molar-refractivity contribution in [3.63, 3.8) is 0 Å². The summed E-state index contributed by atoms with van der Waals surface area (Å²) in [6.07, 6.45) is -4.23. The summed E-state index contributed by atoms with van der Waals surface area (Å²) in [6.45, 7) is 0.604. The first-order valence-corrected chi connectivity index (χ1v) is 7.23. The van der Waals surface area contributed by atoms with E-state index in [9.17, 15) is 27.2 Å². The van der Waals surface area contributed by atoms with Crippen molar-refractivity contribution in [1.29, 1.82) is 0 Å². The molecule has 1 aromatic rings. The maximum absolute atomic E-state index is 13.5. The first kappa shape index (κ1) is 18.0. The summed E-state index contributed by atoms with van der Waals surface area (Å²) in [6, 6.07) is 2.19. The van der Waals surface area contributed by atoms with Crippen LogP contribution in [0, 0.1) is 11.7 Å². The molecule has 1 fully saturated rings. The molecule has 1 heterocycles. The summed E-state index contributed by atoms with van der Waals surface area (Å²) in [5.41, 5.74) is -1.46. The fraction of sp³-hybridized carbons (Fsp3) is 0.467. The Labute approximate surface area is 135 Å². The molecule has 0 bridgehead atoms. The largest absolute Gasteiger partial charge is 0.453 e. The highest BCUT2D eigenvalue weighted by atomic mass is 19.4. The Kier molecular flexibility index (Phi) is 5.30. The van der Waals surface area contributed by atoms with Crippen LogP contribution in [0.1, 0.15) is 18.4 Å². The van der Waals surface area contributed by atoms with Gasteiger partial charge in [-0.05, 0) is 31.0 Å². The van der Waals surface area contributed by atoms with E-state index in [4.69, 9.17) is 0 Å². The Hall–Kier alpha value is -2.32. The standard InChI is InChI=1S/C15H16F4N2O3/c1-24-14(23)21-6-2-3-9(8-21)13(22)20-10-4-5-11(12(16)7-10)15(17,18)19/h4-5,7,9H,2-3,6,8H2,1H3,(H,20,22). The second kappa shape index (κ2) is 7.06. The van der Waals surface area contributed by atoms with Gasteiger partial charge in [-0.2, -0.15) is 13.2 Å². The quantitative estimate of drug-likeness (QED) is 0.835. The van der Waals surface area contributed by atoms with Crippen molar-refractivity contribution in [3.8, 4) is 0 Å². The molecule has 1 atom stereocenters. The van der Waals surface area contributed by atoms with Crippen molar-refractivity contribution < 1.29 is 31.9 Å². The number of nitrogens with zero attached hydrogens (tertiary/aromatic N) is 1. The number of alkyl halides is 3. The number of carbonyl (C=O) groups excluding carboxylic acids is 2. The van der Waals surface area contributed by atoms with Gasteiger partial charge in [-0.25, -0.2) is 9.18 Å². The highest BCUT2D eigenvalue weighted by Gasteiger charge is 2.34. The van der Waals surface area contributed by atoms with Crippen molar-refractivity contribution in [2.45, 2.75) is 19.0 Å². The minimum Gasteiger partial charge on any atom is -0.453 e. The molecule has 1 aliphatic rings. The number of likely N-dealkylation sites (tertiary alicyclic amines) is 1. The summed E-state index contributed by atoms with van der Waals surface area (Å²) in [7, 11) is 1.23. The molecule has 2 rings (SSSR count). The summed E-state index contributed by atoms with van der Waals surface area (Å²) < 4.78 is 55.6. The topological polar surface area (TPSA) is 58.6 Å². The maximum atomic E-state index is 13.5. The van der Waals surface area contributed by atoms with Crippen molar-refractivity contribution in [2.75, 3.05) is 25.5 Å². The molecule has 2 amide bonds. The van der Waals surface area contributed by atoms with Gasteiger partial charge < -0.3 is 15.0 Å². The molecule has 0 spiro atoms. The van der Waals surface area contributed by atoms with Crippen LogP contribution in [-0.2, 0) is 15.7 Å². The minimum atomic E-state index is -4.79. The molecular weight excluding hydrogens is 332 g/mol. The number of hydrogen-bond acceptors (Lipinski definition) is 3. The average Bonchev–Trinajstić information content (AvgIpc) is 2.53. The molecule has 1 unspecified atom stereocenters. The van der Waals surface area contributed by atoms with Crippen LogP contribution in [0.3, 0.4) is 0 Å². The molecule has 9 heteroatoms. The summed E-state index contributed by atoms with van der Waals surface area (Å²) in [5, 5.41) is 2.38. The zero-order valence-corrected chi connectivity index (χ0v) is 12.8. The van der Waals surface area contributed by atoms with Gasteiger partial charge in [-0.1, -0.05) is 0 Å². The van der Waals surface area contributed by atoms with Crippen molar-refractivity contribution >= 4 is 17.7 Å². The molecule has 0 aliphatic carbocycles. The number of anilines is 1. The highest BCUT2D eigenvalue weighted by Crippen LogP contribution is 2.32. The number of nitrogens with one attached hydrogen (secondary N) is 1. The van der Waals surface area contributed by atoms with Crippen LogP contribution in [0.25, 0.3) is 0 Å². The minimum absolute atomic E-state index is 0.0688. The molecule has 132 valence electrons. The van der Waals surface area contributed by atoms with Crippen LogP contribution < -0.4 is 5.32 Å². The van der Waals surface area contributed by atoms with Gasteiger partial charge in [-0.15, -0.1) is 0 Å². The van der Waals surface area contributed by atoms with E-state index in [0.29, 0.717) is 31.5 Å². The molecule has 24 heavy (non-hydrogen) atoms. The number of benzene rings is 1. The van der Waals surface area contributed by atoms with Gasteiger partial charge in [0.2, 0.25) is 5.91 Å². The molecule has 0 radical (unpaired) electrons. The van der Waals surface area contributed by atoms with Gasteiger partial charge in [0.15, 0.2) is 0 Å². The van der Waals surface area contributed by atoms with E-state index in [0.717, 1.165) is 6.07 Å². The first-order chi connectivity index (χ1) is 11.2. The fourth-order valence-electron chi connectivity index (χ4n) is 2.55. The molecular formula is C15H16F4N2O3. The number of piperidine rings is 1. The lowest BCUT2D eigenvalue weighted by molar-refractivity contribution is -0.140. The number of carbonyl (C=O) groups is 2. The third-order valence-corrected chi connectivity index (χ3v) is 3.77. The third-order valence-electron chi connectivity index (χ3n) is 3.77. The SMILES string of the molecule is COC(=O)N1CCCC(C(=O)Nc2ccc(C(F)(F)F)c(F)c2)C1. The number of rotatable bonds is 2. The summed E-state index contributed by atoms with van der Waals surface area (Å²) in [5.74, 6) is -2.48. The van der Waals surface area contributed by atoms with Crippen molar-refractivity contribution in [2.24, 2.45) is 5.92 Å². The van der Waals surface area contributed by atoms with Crippen LogP contribution in [0.15, 0.2) is 18.2 Å². The summed E-state index contributed by atoms with van der Waals surface area (Å²) >= 11 is 0. The lowest BCUT2D eigenvalue weighted by Crippen LogP contribution is -2.43. The lowest BCUT2D eigenvalue weighted by atomic mass is 9.97. The smallest absolute Gasteiger partial charge is 0.419 e. The van der Waals surface area contributed by atoms with Gasteiger partial charge in [0, 0.05) is 18.8 Å². The summed E-state index contributed by atoms with van der Waals surface area (Å²) in [4.78, 5) is 25.0. The van der Waals surface area contributed by atoms with Gasteiger partial charge in [0.1, 0.15) is 5.82 Å². The van der Waals surface area contributed by atoms with Gasteiger partial charge >= 0.3 is 12.3 Å². The maximum Gasteiger partial charge on any atom is 0.419 e. The highest BCUT2D eigenvalue weighted by molar-refractivity contribution is 5.93. The van der Waals surface area contributed by atoms with Gasteiger partial charge in [-0.3, -0.25) is 4.79 Å². The molecule has 1 aliphatic heterocycles. The number of methoxy groups -OCH3 is 1. The molecule has 1 saturated heterocycles. The Balaban J connectivity index is 2.04.